The number of carbonyl (C=O) groups excluding carboxylic acids is 3. The molecule has 5 rings (SSSR count). The predicted molar refractivity (Wildman–Crippen MR) is 118 cm³/mol. The number of aliphatic hydroxyl groups is 1. The SMILES string of the molecule is O=C(NCc1ccc(C(O)c2ccco2)s1)C(=O)Nc1cc2c3c(c1)CCN3C(=O)CC2. The molecule has 164 valence electrons. The Kier molecular flexibility index (Phi) is 5.28. The first-order chi connectivity index (χ1) is 15.5. The summed E-state index contributed by atoms with van der Waals surface area (Å²) in [6.07, 6.45) is 2.47. The van der Waals surface area contributed by atoms with Crippen LogP contribution >= 0.6 is 11.3 Å². The third-order valence-corrected chi connectivity index (χ3v) is 6.84. The molecule has 3 N–H and O–H groups in total. The van der Waals surface area contributed by atoms with Crippen LogP contribution in [0.15, 0.2) is 47.1 Å². The van der Waals surface area contributed by atoms with Crippen LogP contribution in [-0.4, -0.2) is 29.4 Å². The molecule has 1 atom stereocenters. The van der Waals surface area contributed by atoms with E-state index in [4.69, 9.17) is 4.42 Å². The normalized spacial score (nSPS) is 15.4. The lowest BCUT2D eigenvalue weighted by molar-refractivity contribution is -0.136. The fourth-order valence-electron chi connectivity index (χ4n) is 4.19. The maximum Gasteiger partial charge on any atom is 0.313 e. The smallest absolute Gasteiger partial charge is 0.313 e. The summed E-state index contributed by atoms with van der Waals surface area (Å²) in [6, 6.07) is 10.6. The monoisotopic (exact) mass is 451 g/mol. The number of rotatable bonds is 5. The lowest BCUT2D eigenvalue weighted by atomic mass is 9.98. The number of anilines is 2. The van der Waals surface area contributed by atoms with E-state index in [0.717, 1.165) is 28.1 Å². The fraction of sp³-hybridized carbons (Fsp3) is 0.261. The summed E-state index contributed by atoms with van der Waals surface area (Å²) in [7, 11) is 0. The first-order valence-corrected chi connectivity index (χ1v) is 11.2. The number of aryl methyl sites for hydroxylation is 1. The number of amides is 3. The van der Waals surface area contributed by atoms with E-state index in [1.54, 1.807) is 24.3 Å². The van der Waals surface area contributed by atoms with E-state index >= 15 is 0 Å². The number of thiophene rings is 1. The highest BCUT2D eigenvalue weighted by molar-refractivity contribution is 7.12. The summed E-state index contributed by atoms with van der Waals surface area (Å²) < 4.78 is 5.22. The first-order valence-electron chi connectivity index (χ1n) is 10.3. The Morgan fingerprint density at radius 2 is 1.94 bits per heavy atom. The van der Waals surface area contributed by atoms with Gasteiger partial charge < -0.3 is 25.1 Å². The quantitative estimate of drug-likeness (QED) is 0.516. The molecule has 3 aromatic rings. The average Bonchev–Trinajstić information content (AvgIpc) is 3.55. The van der Waals surface area contributed by atoms with Crippen molar-refractivity contribution in [1.29, 1.82) is 0 Å². The van der Waals surface area contributed by atoms with E-state index in [0.29, 0.717) is 35.7 Å². The van der Waals surface area contributed by atoms with Crippen LogP contribution in [0, 0.1) is 0 Å². The van der Waals surface area contributed by atoms with Crippen LogP contribution in [0.3, 0.4) is 0 Å². The van der Waals surface area contributed by atoms with E-state index < -0.39 is 17.9 Å². The number of carbonyl (C=O) groups is 3. The predicted octanol–water partition coefficient (Wildman–Crippen LogP) is 2.51. The third-order valence-electron chi connectivity index (χ3n) is 5.70. The van der Waals surface area contributed by atoms with Gasteiger partial charge in [0.2, 0.25) is 5.91 Å². The molecule has 0 saturated heterocycles. The van der Waals surface area contributed by atoms with Gasteiger partial charge in [-0.2, -0.15) is 0 Å². The van der Waals surface area contributed by atoms with Gasteiger partial charge in [-0.15, -0.1) is 11.3 Å². The molecule has 1 aromatic carbocycles. The van der Waals surface area contributed by atoms with Gasteiger partial charge in [0.05, 0.1) is 18.5 Å². The first kappa shape index (κ1) is 20.5. The van der Waals surface area contributed by atoms with E-state index in [-0.39, 0.29) is 12.5 Å². The van der Waals surface area contributed by atoms with E-state index in [9.17, 15) is 19.5 Å². The number of nitrogens with zero attached hydrogens (tertiary/aromatic N) is 1. The molecule has 0 bridgehead atoms. The molecule has 0 saturated carbocycles. The Labute approximate surface area is 187 Å². The van der Waals surface area contributed by atoms with Gasteiger partial charge in [-0.25, -0.2) is 0 Å². The molecule has 9 heteroatoms. The molecule has 32 heavy (non-hydrogen) atoms. The molecule has 0 radical (unpaired) electrons. The third kappa shape index (κ3) is 3.80. The van der Waals surface area contributed by atoms with Crippen molar-refractivity contribution in [3.05, 3.63) is 69.3 Å². The maximum atomic E-state index is 12.4. The molecular weight excluding hydrogens is 430 g/mol. The standard InChI is InChI=1S/C23H21N3O5S/c27-19-6-3-13-10-15(11-14-7-8-26(19)20(13)14)25-23(30)22(29)24-12-16-4-5-18(32-16)21(28)17-2-1-9-31-17/h1-2,4-5,9-11,21,28H,3,6-8,12H2,(H,24,29)(H,25,30). The summed E-state index contributed by atoms with van der Waals surface area (Å²) in [5.74, 6) is -0.896. The number of benzene rings is 1. The van der Waals surface area contributed by atoms with Crippen LogP contribution in [-0.2, 0) is 33.8 Å². The van der Waals surface area contributed by atoms with Crippen LogP contribution in [0.25, 0.3) is 0 Å². The minimum atomic E-state index is -0.866. The van der Waals surface area contributed by atoms with E-state index in [1.165, 1.54) is 17.6 Å². The average molecular weight is 452 g/mol. The number of hydrogen-bond acceptors (Lipinski definition) is 6. The fourth-order valence-corrected chi connectivity index (χ4v) is 5.14. The molecule has 0 fully saturated rings. The Morgan fingerprint density at radius 1 is 1.12 bits per heavy atom. The Morgan fingerprint density at radius 3 is 2.72 bits per heavy atom. The van der Waals surface area contributed by atoms with Crippen molar-refractivity contribution < 1.29 is 23.9 Å². The van der Waals surface area contributed by atoms with Crippen molar-refractivity contribution in [3.8, 4) is 0 Å². The Balaban J connectivity index is 1.20. The number of nitrogens with one attached hydrogen (secondary N) is 2. The van der Waals surface area contributed by atoms with Gasteiger partial charge in [-0.1, -0.05) is 0 Å². The second kappa shape index (κ2) is 8.25. The highest BCUT2D eigenvalue weighted by Crippen LogP contribution is 2.38. The highest BCUT2D eigenvalue weighted by atomic mass is 32.1. The van der Waals surface area contributed by atoms with Crippen LogP contribution in [0.4, 0.5) is 11.4 Å². The molecule has 2 aromatic heterocycles. The molecule has 2 aliphatic rings. The minimum absolute atomic E-state index is 0.140. The maximum absolute atomic E-state index is 12.4. The lowest BCUT2D eigenvalue weighted by Gasteiger charge is -2.25. The van der Waals surface area contributed by atoms with Crippen molar-refractivity contribution >= 4 is 40.4 Å². The Hall–Kier alpha value is -3.43. The van der Waals surface area contributed by atoms with E-state index in [2.05, 4.69) is 10.6 Å². The Bertz CT molecular complexity index is 1200. The molecular formula is C23H21N3O5S. The molecule has 3 amide bonds. The number of hydrogen-bond donors (Lipinski definition) is 3. The number of aliphatic hydroxyl groups excluding tert-OH is 1. The summed E-state index contributed by atoms with van der Waals surface area (Å²) in [5.41, 5.74) is 3.58. The van der Waals surface area contributed by atoms with Gasteiger partial charge in [0.25, 0.3) is 0 Å². The van der Waals surface area contributed by atoms with Gasteiger partial charge in [0.1, 0.15) is 11.9 Å². The minimum Gasteiger partial charge on any atom is -0.466 e. The van der Waals surface area contributed by atoms with Crippen molar-refractivity contribution in [2.45, 2.75) is 31.9 Å². The zero-order valence-electron chi connectivity index (χ0n) is 17.1. The molecule has 8 nitrogen and oxygen atoms in total. The molecule has 4 heterocycles. The van der Waals surface area contributed by atoms with Crippen LogP contribution in [0.1, 0.15) is 39.2 Å². The molecule has 2 aliphatic heterocycles. The van der Waals surface area contributed by atoms with Crippen molar-refractivity contribution in [3.63, 3.8) is 0 Å². The second-order valence-corrected chi connectivity index (χ2v) is 9.00. The van der Waals surface area contributed by atoms with Crippen molar-refractivity contribution in [2.75, 3.05) is 16.8 Å². The number of furan rings is 1. The summed E-state index contributed by atoms with van der Waals surface area (Å²) in [4.78, 5) is 40.1. The molecule has 0 aliphatic carbocycles. The van der Waals surface area contributed by atoms with Gasteiger partial charge in [-0.05, 0) is 60.4 Å². The summed E-state index contributed by atoms with van der Waals surface area (Å²) >= 11 is 1.33. The van der Waals surface area contributed by atoms with Gasteiger partial charge in [0.15, 0.2) is 0 Å². The summed E-state index contributed by atoms with van der Waals surface area (Å²) in [6.45, 7) is 0.838. The molecule has 0 spiro atoms. The van der Waals surface area contributed by atoms with E-state index in [1.807, 2.05) is 17.0 Å². The second-order valence-electron chi connectivity index (χ2n) is 7.80. The zero-order valence-corrected chi connectivity index (χ0v) is 17.9. The largest absolute Gasteiger partial charge is 0.466 e. The van der Waals surface area contributed by atoms with Crippen LogP contribution < -0.4 is 15.5 Å². The van der Waals surface area contributed by atoms with Crippen molar-refractivity contribution in [1.82, 2.24) is 5.32 Å². The summed E-state index contributed by atoms with van der Waals surface area (Å²) in [5, 5.41) is 15.6. The van der Waals surface area contributed by atoms with Crippen molar-refractivity contribution in [2.24, 2.45) is 0 Å². The highest BCUT2D eigenvalue weighted by Gasteiger charge is 2.31. The van der Waals surface area contributed by atoms with Gasteiger partial charge in [-0.3, -0.25) is 14.4 Å². The molecule has 1 unspecified atom stereocenters. The van der Waals surface area contributed by atoms with Crippen LogP contribution in [0.5, 0.6) is 0 Å². The van der Waals surface area contributed by atoms with Crippen LogP contribution in [0.2, 0.25) is 0 Å². The van der Waals surface area contributed by atoms with Gasteiger partial charge >= 0.3 is 11.8 Å². The topological polar surface area (TPSA) is 112 Å². The van der Waals surface area contributed by atoms with Gasteiger partial charge in [0, 0.05) is 28.4 Å². The lowest BCUT2D eigenvalue weighted by Crippen LogP contribution is -2.35. The zero-order chi connectivity index (χ0) is 22.2.